The molecule has 2 aliphatic rings. The second-order valence-electron chi connectivity index (χ2n) is 11.7. The Hall–Kier alpha value is -1.74. The van der Waals surface area contributed by atoms with E-state index in [1.54, 1.807) is 19.2 Å². The molecule has 1 nitrogen and oxygen atoms in total. The predicted molar refractivity (Wildman–Crippen MR) is 146 cm³/mol. The van der Waals surface area contributed by atoms with Crippen molar-refractivity contribution in [3.63, 3.8) is 0 Å². The summed E-state index contributed by atoms with van der Waals surface area (Å²) in [6.45, 7) is 3.14. The van der Waals surface area contributed by atoms with E-state index in [4.69, 9.17) is 4.74 Å². The van der Waals surface area contributed by atoms with Gasteiger partial charge in [-0.25, -0.2) is 8.78 Å². The smallest absolute Gasteiger partial charge is 0.134 e. The number of aryl methyl sites for hydroxylation is 2. The molecule has 0 unspecified atom stereocenters. The van der Waals surface area contributed by atoms with Crippen LogP contribution in [0.1, 0.15) is 95.1 Å². The molecule has 2 aromatic rings. The average molecular weight is 497 g/mol. The van der Waals surface area contributed by atoms with Gasteiger partial charge in [-0.05, 0) is 91.0 Å². The second kappa shape index (κ2) is 13.7. The fraction of sp³-hybridized carbons (Fsp3) is 0.636. The Morgan fingerprint density at radius 2 is 1.14 bits per heavy atom. The van der Waals surface area contributed by atoms with Crippen LogP contribution in [0, 0.1) is 35.3 Å². The van der Waals surface area contributed by atoms with Gasteiger partial charge in [0.2, 0.25) is 0 Å². The summed E-state index contributed by atoms with van der Waals surface area (Å²) in [6, 6.07) is 11.0. The maximum Gasteiger partial charge on any atom is 0.134 e. The van der Waals surface area contributed by atoms with Crippen LogP contribution in [0.2, 0.25) is 0 Å². The van der Waals surface area contributed by atoms with E-state index in [-0.39, 0.29) is 5.56 Å². The van der Waals surface area contributed by atoms with Crippen LogP contribution in [-0.2, 0) is 17.6 Å². The maximum absolute atomic E-state index is 15.0. The number of halogens is 2. The van der Waals surface area contributed by atoms with E-state index >= 15 is 8.78 Å². The van der Waals surface area contributed by atoms with Crippen LogP contribution in [0.3, 0.4) is 0 Å². The van der Waals surface area contributed by atoms with Crippen LogP contribution in [0.4, 0.5) is 8.78 Å². The summed E-state index contributed by atoms with van der Waals surface area (Å²) in [7, 11) is 1.77. The van der Waals surface area contributed by atoms with Crippen LogP contribution < -0.4 is 0 Å². The Labute approximate surface area is 218 Å². The van der Waals surface area contributed by atoms with Gasteiger partial charge in [0, 0.05) is 13.7 Å². The lowest BCUT2D eigenvalue weighted by molar-refractivity contribution is 0.117. The van der Waals surface area contributed by atoms with Crippen molar-refractivity contribution >= 4 is 0 Å². The van der Waals surface area contributed by atoms with E-state index in [2.05, 4.69) is 19.1 Å². The minimum Gasteiger partial charge on any atom is -0.384 e. The predicted octanol–water partition coefficient (Wildman–Crippen LogP) is 9.56. The summed E-state index contributed by atoms with van der Waals surface area (Å²) < 4.78 is 35.3. The maximum atomic E-state index is 15.0. The summed E-state index contributed by atoms with van der Waals surface area (Å²) in [5.41, 5.74) is 2.79. The van der Waals surface area contributed by atoms with Crippen molar-refractivity contribution in [1.29, 1.82) is 0 Å². The Morgan fingerprint density at radius 3 is 1.64 bits per heavy atom. The Balaban J connectivity index is 1.28. The molecular formula is C33H46F2O. The van der Waals surface area contributed by atoms with Gasteiger partial charge in [0.1, 0.15) is 11.6 Å². The van der Waals surface area contributed by atoms with E-state index in [1.807, 2.05) is 12.1 Å². The van der Waals surface area contributed by atoms with Crippen molar-refractivity contribution in [2.45, 2.75) is 96.8 Å². The minimum atomic E-state index is -0.439. The highest BCUT2D eigenvalue weighted by atomic mass is 19.1. The van der Waals surface area contributed by atoms with Gasteiger partial charge >= 0.3 is 0 Å². The van der Waals surface area contributed by atoms with Crippen LogP contribution in [-0.4, -0.2) is 13.7 Å². The quantitative estimate of drug-likeness (QED) is 0.301. The molecular weight excluding hydrogens is 450 g/mol. The molecule has 198 valence electrons. The number of hydrogen-bond acceptors (Lipinski definition) is 1. The van der Waals surface area contributed by atoms with Crippen molar-refractivity contribution in [1.82, 2.24) is 0 Å². The third kappa shape index (κ3) is 7.63. The molecule has 2 saturated carbocycles. The molecule has 0 saturated heterocycles. The standard InChI is InChI=1S/C33H46F2O/c1-3-4-24-5-7-25(8-6-24)9-10-27-17-19-30(20-18-27)33-31(34)21-29(22-32(33)35)16-13-26-11-14-28(15-12-26)23-36-2/h17-22,24-26,28H,3-16,23H2,1-2H3. The molecule has 0 atom stereocenters. The summed E-state index contributed by atoms with van der Waals surface area (Å²) in [6.07, 6.45) is 17.0. The molecule has 0 N–H and O–H groups in total. The van der Waals surface area contributed by atoms with Gasteiger partial charge in [0.15, 0.2) is 0 Å². The van der Waals surface area contributed by atoms with Gasteiger partial charge in [0.25, 0.3) is 0 Å². The van der Waals surface area contributed by atoms with Crippen molar-refractivity contribution in [2.24, 2.45) is 23.7 Å². The number of rotatable bonds is 11. The van der Waals surface area contributed by atoms with Gasteiger partial charge in [-0.3, -0.25) is 0 Å². The number of hydrogen-bond donors (Lipinski definition) is 0. The highest BCUT2D eigenvalue weighted by molar-refractivity contribution is 5.65. The Morgan fingerprint density at radius 1 is 0.667 bits per heavy atom. The first-order valence-electron chi connectivity index (χ1n) is 14.6. The molecule has 2 aromatic carbocycles. The zero-order chi connectivity index (χ0) is 25.3. The fourth-order valence-corrected chi connectivity index (χ4v) is 6.77. The highest BCUT2D eigenvalue weighted by Gasteiger charge is 2.22. The van der Waals surface area contributed by atoms with Crippen LogP contribution in [0.25, 0.3) is 11.1 Å². The highest BCUT2D eigenvalue weighted by Crippen LogP contribution is 2.35. The molecule has 2 aliphatic carbocycles. The molecule has 0 aliphatic heterocycles. The van der Waals surface area contributed by atoms with Crippen molar-refractivity contribution in [3.05, 3.63) is 59.2 Å². The van der Waals surface area contributed by atoms with Gasteiger partial charge in [0.05, 0.1) is 5.56 Å². The molecule has 3 heteroatoms. The first kappa shape index (κ1) is 27.3. The number of benzene rings is 2. The third-order valence-electron chi connectivity index (χ3n) is 9.06. The minimum absolute atomic E-state index is 0.111. The zero-order valence-corrected chi connectivity index (χ0v) is 22.5. The molecule has 0 heterocycles. The number of ether oxygens (including phenoxy) is 1. The Kier molecular flexibility index (Phi) is 10.4. The first-order valence-corrected chi connectivity index (χ1v) is 14.6. The van der Waals surface area contributed by atoms with Crippen LogP contribution in [0.15, 0.2) is 36.4 Å². The fourth-order valence-electron chi connectivity index (χ4n) is 6.77. The first-order chi connectivity index (χ1) is 17.6. The average Bonchev–Trinajstić information content (AvgIpc) is 2.89. The molecule has 0 spiro atoms. The van der Waals surface area contributed by atoms with Crippen LogP contribution in [0.5, 0.6) is 0 Å². The lowest BCUT2D eigenvalue weighted by atomic mass is 9.78. The summed E-state index contributed by atoms with van der Waals surface area (Å²) >= 11 is 0. The molecule has 0 radical (unpaired) electrons. The lowest BCUT2D eigenvalue weighted by Gasteiger charge is -2.28. The van der Waals surface area contributed by atoms with Gasteiger partial charge in [-0.2, -0.15) is 0 Å². The van der Waals surface area contributed by atoms with Gasteiger partial charge in [-0.15, -0.1) is 0 Å². The largest absolute Gasteiger partial charge is 0.384 e. The molecule has 0 aromatic heterocycles. The SMILES string of the molecule is CCCC1CCC(CCc2ccc(-c3c(F)cc(CCC4CCC(COC)CC4)cc3F)cc2)CC1. The van der Waals surface area contributed by atoms with Crippen molar-refractivity contribution in [2.75, 3.05) is 13.7 Å². The molecule has 4 rings (SSSR count). The molecule has 0 bridgehead atoms. The normalized spacial score (nSPS) is 24.7. The topological polar surface area (TPSA) is 9.23 Å². The summed E-state index contributed by atoms with van der Waals surface area (Å²) in [5.74, 6) is 2.24. The summed E-state index contributed by atoms with van der Waals surface area (Å²) in [5, 5.41) is 0. The van der Waals surface area contributed by atoms with Crippen molar-refractivity contribution in [3.8, 4) is 11.1 Å². The molecule has 36 heavy (non-hydrogen) atoms. The van der Waals surface area contributed by atoms with E-state index in [9.17, 15) is 0 Å². The van der Waals surface area contributed by atoms with Gasteiger partial charge in [-0.1, -0.05) is 82.6 Å². The molecule has 2 fully saturated rings. The zero-order valence-electron chi connectivity index (χ0n) is 22.5. The number of methoxy groups -OCH3 is 1. The van der Waals surface area contributed by atoms with E-state index in [1.165, 1.54) is 76.2 Å². The van der Waals surface area contributed by atoms with Crippen molar-refractivity contribution < 1.29 is 13.5 Å². The van der Waals surface area contributed by atoms with Crippen LogP contribution >= 0.6 is 0 Å². The Bertz CT molecular complexity index is 898. The van der Waals surface area contributed by atoms with E-state index in [0.29, 0.717) is 17.4 Å². The monoisotopic (exact) mass is 496 g/mol. The van der Waals surface area contributed by atoms with Gasteiger partial charge < -0.3 is 4.74 Å². The molecule has 0 amide bonds. The second-order valence-corrected chi connectivity index (χ2v) is 11.7. The third-order valence-corrected chi connectivity index (χ3v) is 9.06. The summed E-state index contributed by atoms with van der Waals surface area (Å²) in [4.78, 5) is 0. The lowest BCUT2D eigenvalue weighted by Crippen LogP contribution is -2.18. The van der Waals surface area contributed by atoms with E-state index in [0.717, 1.165) is 43.3 Å². The van der Waals surface area contributed by atoms with E-state index < -0.39 is 11.6 Å².